The van der Waals surface area contributed by atoms with E-state index in [1.807, 2.05) is 24.3 Å². The van der Waals surface area contributed by atoms with Gasteiger partial charge in [-0.15, -0.1) is 0 Å². The molecule has 0 spiro atoms. The molecule has 1 aromatic heterocycles. The topological polar surface area (TPSA) is 31.6 Å². The molecule has 0 radical (unpaired) electrons. The van der Waals surface area contributed by atoms with E-state index in [-0.39, 0.29) is 6.29 Å². The van der Waals surface area contributed by atoms with Gasteiger partial charge in [0.25, 0.3) is 0 Å². The van der Waals surface area contributed by atoms with Crippen LogP contribution in [0.5, 0.6) is 0 Å². The minimum atomic E-state index is -0.358. The molecule has 0 aliphatic rings. The molecular weight excluding hydrogens is 216 g/mol. The van der Waals surface area contributed by atoms with Gasteiger partial charge in [-0.05, 0) is 11.6 Å². The Balaban J connectivity index is 2.08. The molecule has 3 heteroatoms. The molecule has 0 bridgehead atoms. The molecular formula is C14H16O3. The molecule has 0 fully saturated rings. The average Bonchev–Trinajstić information content (AvgIpc) is 2.81. The molecule has 2 rings (SSSR count). The van der Waals surface area contributed by atoms with Crippen molar-refractivity contribution in [2.75, 3.05) is 14.2 Å². The fraction of sp³-hybridized carbons (Fsp3) is 0.286. The van der Waals surface area contributed by atoms with E-state index in [0.29, 0.717) is 0 Å². The van der Waals surface area contributed by atoms with Gasteiger partial charge in [0.05, 0.1) is 6.26 Å². The van der Waals surface area contributed by atoms with E-state index in [2.05, 4.69) is 12.1 Å². The Morgan fingerprint density at radius 2 is 1.82 bits per heavy atom. The van der Waals surface area contributed by atoms with Crippen LogP contribution in [-0.2, 0) is 15.9 Å². The first-order valence-corrected chi connectivity index (χ1v) is 5.50. The number of furan rings is 1. The van der Waals surface area contributed by atoms with Crippen molar-refractivity contribution in [1.29, 1.82) is 0 Å². The highest BCUT2D eigenvalue weighted by Crippen LogP contribution is 2.21. The standard InChI is InChI=1S/C14H16O3/c1-15-14(16-2)12-9-13(17-10-12)8-11-6-4-3-5-7-11/h3-7,9-10,14H,8H2,1-2H3. The molecule has 0 N–H and O–H groups in total. The highest BCUT2D eigenvalue weighted by atomic mass is 16.7. The van der Waals surface area contributed by atoms with Crippen LogP contribution in [0, 0.1) is 0 Å². The summed E-state index contributed by atoms with van der Waals surface area (Å²) in [5, 5.41) is 0. The summed E-state index contributed by atoms with van der Waals surface area (Å²) in [5.74, 6) is 0.908. The number of methoxy groups -OCH3 is 2. The van der Waals surface area contributed by atoms with Crippen LogP contribution in [0.15, 0.2) is 47.1 Å². The third-order valence-corrected chi connectivity index (χ3v) is 2.60. The van der Waals surface area contributed by atoms with Crippen molar-refractivity contribution in [1.82, 2.24) is 0 Å². The molecule has 0 aliphatic heterocycles. The third-order valence-electron chi connectivity index (χ3n) is 2.60. The van der Waals surface area contributed by atoms with Gasteiger partial charge < -0.3 is 13.9 Å². The van der Waals surface area contributed by atoms with Crippen molar-refractivity contribution in [2.45, 2.75) is 12.7 Å². The Hall–Kier alpha value is -1.58. The SMILES string of the molecule is COC(OC)c1coc(Cc2ccccc2)c1. The Bertz CT molecular complexity index is 444. The Morgan fingerprint density at radius 3 is 2.47 bits per heavy atom. The summed E-state index contributed by atoms with van der Waals surface area (Å²) in [6, 6.07) is 12.2. The summed E-state index contributed by atoms with van der Waals surface area (Å²) < 4.78 is 15.8. The molecule has 0 saturated carbocycles. The third kappa shape index (κ3) is 2.96. The summed E-state index contributed by atoms with van der Waals surface area (Å²) in [6.45, 7) is 0. The highest BCUT2D eigenvalue weighted by molar-refractivity contribution is 5.23. The van der Waals surface area contributed by atoms with Gasteiger partial charge in [0, 0.05) is 26.2 Å². The molecule has 3 nitrogen and oxygen atoms in total. The van der Waals surface area contributed by atoms with Crippen molar-refractivity contribution < 1.29 is 13.9 Å². The lowest BCUT2D eigenvalue weighted by atomic mass is 10.1. The second-order valence-electron chi connectivity index (χ2n) is 3.81. The lowest BCUT2D eigenvalue weighted by Crippen LogP contribution is -2.01. The minimum Gasteiger partial charge on any atom is -0.469 e. The Kier molecular flexibility index (Phi) is 3.96. The van der Waals surface area contributed by atoms with E-state index in [1.165, 1.54) is 5.56 Å². The first-order chi connectivity index (χ1) is 8.33. The zero-order chi connectivity index (χ0) is 12.1. The predicted molar refractivity (Wildman–Crippen MR) is 64.7 cm³/mol. The number of rotatable bonds is 5. The zero-order valence-corrected chi connectivity index (χ0v) is 10.1. The maximum Gasteiger partial charge on any atom is 0.186 e. The molecule has 17 heavy (non-hydrogen) atoms. The predicted octanol–water partition coefficient (Wildman–Crippen LogP) is 3.16. The molecule has 0 atom stereocenters. The summed E-state index contributed by atoms with van der Waals surface area (Å²) in [6.07, 6.45) is 2.10. The fourth-order valence-corrected chi connectivity index (χ4v) is 1.78. The van der Waals surface area contributed by atoms with Crippen LogP contribution in [0.4, 0.5) is 0 Å². The number of benzene rings is 1. The van der Waals surface area contributed by atoms with Gasteiger partial charge in [0.2, 0.25) is 0 Å². The van der Waals surface area contributed by atoms with E-state index in [9.17, 15) is 0 Å². The first-order valence-electron chi connectivity index (χ1n) is 5.50. The maximum absolute atomic E-state index is 5.49. The second kappa shape index (κ2) is 5.66. The average molecular weight is 232 g/mol. The lowest BCUT2D eigenvalue weighted by Gasteiger charge is -2.09. The van der Waals surface area contributed by atoms with Gasteiger partial charge >= 0.3 is 0 Å². The van der Waals surface area contributed by atoms with Crippen molar-refractivity contribution in [3.05, 3.63) is 59.5 Å². The van der Waals surface area contributed by atoms with Gasteiger partial charge in [-0.25, -0.2) is 0 Å². The van der Waals surface area contributed by atoms with Gasteiger partial charge in [0.15, 0.2) is 6.29 Å². The van der Waals surface area contributed by atoms with E-state index >= 15 is 0 Å². The number of hydrogen-bond donors (Lipinski definition) is 0. The van der Waals surface area contributed by atoms with Crippen LogP contribution < -0.4 is 0 Å². The number of ether oxygens (including phenoxy) is 2. The van der Waals surface area contributed by atoms with Crippen molar-refractivity contribution >= 4 is 0 Å². The van der Waals surface area contributed by atoms with Crippen molar-refractivity contribution in [3.8, 4) is 0 Å². The van der Waals surface area contributed by atoms with Crippen LogP contribution in [-0.4, -0.2) is 14.2 Å². The molecule has 1 aromatic carbocycles. The summed E-state index contributed by atoms with van der Waals surface area (Å²) in [4.78, 5) is 0. The van der Waals surface area contributed by atoms with Crippen LogP contribution in [0.25, 0.3) is 0 Å². The summed E-state index contributed by atoms with van der Waals surface area (Å²) in [5.41, 5.74) is 2.13. The maximum atomic E-state index is 5.49. The van der Waals surface area contributed by atoms with Gasteiger partial charge in [0.1, 0.15) is 5.76 Å². The summed E-state index contributed by atoms with van der Waals surface area (Å²) >= 11 is 0. The fourth-order valence-electron chi connectivity index (χ4n) is 1.78. The molecule has 0 aliphatic carbocycles. The molecule has 0 unspecified atom stereocenters. The normalized spacial score (nSPS) is 11.0. The summed E-state index contributed by atoms with van der Waals surface area (Å²) in [7, 11) is 3.22. The van der Waals surface area contributed by atoms with Crippen LogP contribution in [0.1, 0.15) is 23.2 Å². The van der Waals surface area contributed by atoms with Gasteiger partial charge in [-0.1, -0.05) is 30.3 Å². The molecule has 0 saturated heterocycles. The van der Waals surface area contributed by atoms with E-state index in [0.717, 1.165) is 17.7 Å². The Morgan fingerprint density at radius 1 is 1.12 bits per heavy atom. The Labute approximate surface area is 101 Å². The lowest BCUT2D eigenvalue weighted by molar-refractivity contribution is -0.106. The second-order valence-corrected chi connectivity index (χ2v) is 3.81. The van der Waals surface area contributed by atoms with Crippen molar-refractivity contribution in [2.24, 2.45) is 0 Å². The molecule has 0 amide bonds. The molecule has 1 heterocycles. The van der Waals surface area contributed by atoms with Crippen molar-refractivity contribution in [3.63, 3.8) is 0 Å². The quantitative estimate of drug-likeness (QED) is 0.742. The van der Waals surface area contributed by atoms with Gasteiger partial charge in [-0.2, -0.15) is 0 Å². The van der Waals surface area contributed by atoms with E-state index in [1.54, 1.807) is 20.5 Å². The van der Waals surface area contributed by atoms with Crippen LogP contribution in [0.3, 0.4) is 0 Å². The smallest absolute Gasteiger partial charge is 0.186 e. The van der Waals surface area contributed by atoms with E-state index in [4.69, 9.17) is 13.9 Å². The minimum absolute atomic E-state index is 0.358. The monoisotopic (exact) mass is 232 g/mol. The first kappa shape index (κ1) is 11.9. The molecule has 2 aromatic rings. The van der Waals surface area contributed by atoms with E-state index < -0.39 is 0 Å². The zero-order valence-electron chi connectivity index (χ0n) is 10.1. The van der Waals surface area contributed by atoms with Gasteiger partial charge in [-0.3, -0.25) is 0 Å². The van der Waals surface area contributed by atoms with Crippen LogP contribution >= 0.6 is 0 Å². The highest BCUT2D eigenvalue weighted by Gasteiger charge is 2.12. The largest absolute Gasteiger partial charge is 0.469 e. The van der Waals surface area contributed by atoms with Crippen LogP contribution in [0.2, 0.25) is 0 Å². The molecule has 90 valence electrons. The number of hydrogen-bond acceptors (Lipinski definition) is 3.